The predicted octanol–water partition coefficient (Wildman–Crippen LogP) is 0.875. The highest BCUT2D eigenvalue weighted by Gasteiger charge is 1.84. The molecule has 0 aliphatic heterocycles. The molecule has 0 atom stereocenters. The number of rotatable bonds is 1. The summed E-state index contributed by atoms with van der Waals surface area (Å²) in [5, 5.41) is 0. The second-order valence-electron chi connectivity index (χ2n) is 1.37. The van der Waals surface area contributed by atoms with Gasteiger partial charge in [-0.2, -0.15) is 0 Å². The van der Waals surface area contributed by atoms with Crippen molar-refractivity contribution in [1.29, 1.82) is 0 Å². The van der Waals surface area contributed by atoms with E-state index in [0.29, 0.717) is 0 Å². The molecule has 0 aromatic rings. The lowest BCUT2D eigenvalue weighted by molar-refractivity contribution is 0.431. The van der Waals surface area contributed by atoms with E-state index < -0.39 is 16.1 Å². The highest BCUT2D eigenvalue weighted by Crippen LogP contribution is 1.77. The monoisotopic (exact) mass is 157 g/mol. The third kappa shape index (κ3) is 33.2. The minimum atomic E-state index is -4.58. The SMILES string of the molecule is CCC.O=S(=O)([O-])CF. The van der Waals surface area contributed by atoms with Gasteiger partial charge in [0.25, 0.3) is 0 Å². The van der Waals surface area contributed by atoms with E-state index in [9.17, 15) is 4.39 Å². The van der Waals surface area contributed by atoms with Crippen LogP contribution in [0.2, 0.25) is 0 Å². The van der Waals surface area contributed by atoms with Crippen LogP contribution in [0.4, 0.5) is 4.39 Å². The topological polar surface area (TPSA) is 57.2 Å². The van der Waals surface area contributed by atoms with Gasteiger partial charge < -0.3 is 4.55 Å². The molecule has 0 rings (SSSR count). The Bertz CT molecular complexity index is 129. The summed E-state index contributed by atoms with van der Waals surface area (Å²) in [4.78, 5) is 0. The summed E-state index contributed by atoms with van der Waals surface area (Å²) in [6, 6.07) is -1.81. The molecule has 0 radical (unpaired) electrons. The maximum atomic E-state index is 10.6. The van der Waals surface area contributed by atoms with Crippen LogP contribution in [-0.4, -0.2) is 19.0 Å². The molecule has 0 heterocycles. The van der Waals surface area contributed by atoms with Gasteiger partial charge in [0, 0.05) is 0 Å². The molecular weight excluding hydrogens is 147 g/mol. The normalized spacial score (nSPS) is 9.78. The van der Waals surface area contributed by atoms with Crippen molar-refractivity contribution in [3.8, 4) is 0 Å². The second kappa shape index (κ2) is 5.97. The first-order valence-electron chi connectivity index (χ1n) is 2.47. The van der Waals surface area contributed by atoms with Crippen molar-refractivity contribution < 1.29 is 17.4 Å². The molecule has 0 spiro atoms. The summed E-state index contributed by atoms with van der Waals surface area (Å²) in [5.41, 5.74) is 0. The van der Waals surface area contributed by atoms with E-state index in [-0.39, 0.29) is 0 Å². The van der Waals surface area contributed by atoms with Gasteiger partial charge in [-0.15, -0.1) is 0 Å². The zero-order valence-electron chi connectivity index (χ0n) is 5.43. The van der Waals surface area contributed by atoms with Crippen molar-refractivity contribution in [3.63, 3.8) is 0 Å². The van der Waals surface area contributed by atoms with Gasteiger partial charge in [0.05, 0.1) is 0 Å². The first-order chi connectivity index (χ1) is 3.97. The van der Waals surface area contributed by atoms with Crippen LogP contribution in [-0.2, 0) is 10.1 Å². The summed E-state index contributed by atoms with van der Waals surface area (Å²) in [6.45, 7) is 4.25. The lowest BCUT2D eigenvalue weighted by Gasteiger charge is -1.94. The van der Waals surface area contributed by atoms with E-state index >= 15 is 0 Å². The first-order valence-corrected chi connectivity index (χ1v) is 4.05. The van der Waals surface area contributed by atoms with Gasteiger partial charge >= 0.3 is 0 Å². The van der Waals surface area contributed by atoms with Crippen molar-refractivity contribution in [2.75, 3.05) is 6.01 Å². The minimum Gasteiger partial charge on any atom is -0.746 e. The minimum absolute atomic E-state index is 1.25. The molecule has 0 aliphatic carbocycles. The van der Waals surface area contributed by atoms with Gasteiger partial charge in [-0.25, -0.2) is 12.8 Å². The fraction of sp³-hybridized carbons (Fsp3) is 1.00. The van der Waals surface area contributed by atoms with E-state index in [0.717, 1.165) is 0 Å². The number of hydrogen-bond acceptors (Lipinski definition) is 3. The van der Waals surface area contributed by atoms with Crippen molar-refractivity contribution in [1.82, 2.24) is 0 Å². The Morgan fingerprint density at radius 2 is 1.56 bits per heavy atom. The molecule has 0 amide bonds. The highest BCUT2D eigenvalue weighted by molar-refractivity contribution is 7.85. The third-order valence-corrected chi connectivity index (χ3v) is 0.401. The third-order valence-electron chi connectivity index (χ3n) is 0.134. The van der Waals surface area contributed by atoms with Crippen LogP contribution in [0.1, 0.15) is 20.3 Å². The van der Waals surface area contributed by atoms with Gasteiger partial charge in [0.1, 0.15) is 10.1 Å². The zero-order chi connectivity index (χ0) is 7.91. The van der Waals surface area contributed by atoms with Gasteiger partial charge in [-0.3, -0.25) is 0 Å². The zero-order valence-corrected chi connectivity index (χ0v) is 6.24. The van der Waals surface area contributed by atoms with Gasteiger partial charge in [-0.1, -0.05) is 20.3 Å². The van der Waals surface area contributed by atoms with Crippen LogP contribution in [0.3, 0.4) is 0 Å². The maximum Gasteiger partial charge on any atom is 0.179 e. The number of hydrogen-bond donors (Lipinski definition) is 0. The van der Waals surface area contributed by atoms with Crippen molar-refractivity contribution in [2.45, 2.75) is 20.3 Å². The summed E-state index contributed by atoms with van der Waals surface area (Å²) in [7, 11) is -4.58. The molecule has 9 heavy (non-hydrogen) atoms. The summed E-state index contributed by atoms with van der Waals surface area (Å²) < 4.78 is 37.8. The molecule has 58 valence electrons. The van der Waals surface area contributed by atoms with E-state index in [2.05, 4.69) is 13.8 Å². The Labute approximate surface area is 54.6 Å². The molecule has 0 N–H and O–H groups in total. The van der Waals surface area contributed by atoms with Gasteiger partial charge in [0.15, 0.2) is 6.01 Å². The summed E-state index contributed by atoms with van der Waals surface area (Å²) in [5.74, 6) is 0. The molecule has 0 fully saturated rings. The standard InChI is InChI=1S/C3H8.CH3FO3S/c1-3-2;2-1-6(3,4)5/h3H2,1-2H3;1H2,(H,3,4,5)/p-1. The lowest BCUT2D eigenvalue weighted by atomic mass is 10.6. The molecule has 0 aromatic carbocycles. The maximum absolute atomic E-state index is 10.6. The molecular formula is C4H10FO3S-. The van der Waals surface area contributed by atoms with E-state index in [4.69, 9.17) is 13.0 Å². The summed E-state index contributed by atoms with van der Waals surface area (Å²) in [6.07, 6.45) is 1.25. The Hall–Kier alpha value is -0.160. The van der Waals surface area contributed by atoms with Crippen LogP contribution < -0.4 is 0 Å². The average Bonchev–Trinajstić information content (AvgIpc) is 1.67. The van der Waals surface area contributed by atoms with Crippen molar-refractivity contribution in [2.24, 2.45) is 0 Å². The number of halogens is 1. The van der Waals surface area contributed by atoms with Crippen molar-refractivity contribution in [3.05, 3.63) is 0 Å². The van der Waals surface area contributed by atoms with Crippen LogP contribution in [0, 0.1) is 0 Å². The fourth-order valence-corrected chi connectivity index (χ4v) is 0. The van der Waals surface area contributed by atoms with Crippen LogP contribution in [0.15, 0.2) is 0 Å². The summed E-state index contributed by atoms with van der Waals surface area (Å²) >= 11 is 0. The molecule has 5 heteroatoms. The quantitative estimate of drug-likeness (QED) is 0.531. The van der Waals surface area contributed by atoms with E-state index in [1.54, 1.807) is 0 Å². The molecule has 0 unspecified atom stereocenters. The molecule has 3 nitrogen and oxygen atoms in total. The molecule has 0 aromatic heterocycles. The molecule has 0 saturated carbocycles. The van der Waals surface area contributed by atoms with E-state index in [1.807, 2.05) is 0 Å². The smallest absolute Gasteiger partial charge is 0.179 e. The Balaban J connectivity index is 0. The lowest BCUT2D eigenvalue weighted by Crippen LogP contribution is -1.97. The Kier molecular flexibility index (Phi) is 7.70. The largest absolute Gasteiger partial charge is 0.746 e. The van der Waals surface area contributed by atoms with Gasteiger partial charge in [0.2, 0.25) is 0 Å². The fourth-order valence-electron chi connectivity index (χ4n) is 0. The van der Waals surface area contributed by atoms with Crippen molar-refractivity contribution >= 4 is 10.1 Å². The Morgan fingerprint density at radius 3 is 1.56 bits per heavy atom. The van der Waals surface area contributed by atoms with Crippen LogP contribution in [0.25, 0.3) is 0 Å². The van der Waals surface area contributed by atoms with Gasteiger partial charge in [-0.05, 0) is 0 Å². The second-order valence-corrected chi connectivity index (χ2v) is 2.71. The van der Waals surface area contributed by atoms with E-state index in [1.165, 1.54) is 6.42 Å². The molecule has 0 aliphatic rings. The van der Waals surface area contributed by atoms with Crippen LogP contribution >= 0.6 is 0 Å². The molecule has 0 bridgehead atoms. The average molecular weight is 157 g/mol. The first kappa shape index (κ1) is 11.6. The highest BCUT2D eigenvalue weighted by atomic mass is 32.2. The Morgan fingerprint density at radius 1 is 1.44 bits per heavy atom. The number of alkyl halides is 1. The molecule has 0 saturated heterocycles. The predicted molar refractivity (Wildman–Crippen MR) is 31.6 cm³/mol. The van der Waals surface area contributed by atoms with Crippen LogP contribution in [0.5, 0.6) is 0 Å².